The SMILES string of the molecule is NC(=O)c1ccccc1OCCOCc1ccccc1. The Kier molecular flexibility index (Phi) is 5.15. The van der Waals surface area contributed by atoms with Crippen LogP contribution in [0.3, 0.4) is 0 Å². The molecule has 4 nitrogen and oxygen atoms in total. The minimum Gasteiger partial charge on any atom is -0.490 e. The molecule has 4 heteroatoms. The molecule has 0 bridgehead atoms. The Morgan fingerprint density at radius 1 is 0.950 bits per heavy atom. The summed E-state index contributed by atoms with van der Waals surface area (Å²) in [6.07, 6.45) is 0. The molecule has 0 unspecified atom stereocenters. The quantitative estimate of drug-likeness (QED) is 0.786. The lowest BCUT2D eigenvalue weighted by atomic mass is 10.2. The minimum atomic E-state index is -0.495. The van der Waals surface area contributed by atoms with Gasteiger partial charge in [0.1, 0.15) is 12.4 Å². The maximum atomic E-state index is 11.2. The van der Waals surface area contributed by atoms with Gasteiger partial charge in [-0.05, 0) is 17.7 Å². The molecule has 1 amide bonds. The average molecular weight is 271 g/mol. The van der Waals surface area contributed by atoms with Crippen molar-refractivity contribution >= 4 is 5.91 Å². The molecule has 0 spiro atoms. The van der Waals surface area contributed by atoms with Gasteiger partial charge in [-0.3, -0.25) is 4.79 Å². The second kappa shape index (κ2) is 7.31. The van der Waals surface area contributed by atoms with Gasteiger partial charge in [-0.1, -0.05) is 42.5 Å². The van der Waals surface area contributed by atoms with E-state index in [4.69, 9.17) is 15.2 Å². The van der Waals surface area contributed by atoms with Crippen LogP contribution in [0.2, 0.25) is 0 Å². The van der Waals surface area contributed by atoms with Crippen LogP contribution in [0, 0.1) is 0 Å². The van der Waals surface area contributed by atoms with Crippen molar-refractivity contribution in [3.05, 3.63) is 65.7 Å². The highest BCUT2D eigenvalue weighted by atomic mass is 16.5. The molecule has 0 saturated carbocycles. The summed E-state index contributed by atoms with van der Waals surface area (Å²) in [6.45, 7) is 1.36. The molecule has 0 atom stereocenters. The molecule has 104 valence electrons. The fourth-order valence-electron chi connectivity index (χ4n) is 1.77. The van der Waals surface area contributed by atoms with Gasteiger partial charge in [-0.2, -0.15) is 0 Å². The molecule has 0 aromatic heterocycles. The number of ether oxygens (including phenoxy) is 2. The first kappa shape index (κ1) is 14.1. The largest absolute Gasteiger partial charge is 0.490 e. The van der Waals surface area contributed by atoms with Crippen molar-refractivity contribution < 1.29 is 14.3 Å². The van der Waals surface area contributed by atoms with Crippen LogP contribution in [0.25, 0.3) is 0 Å². The molecule has 0 aliphatic carbocycles. The Balaban J connectivity index is 1.75. The van der Waals surface area contributed by atoms with Crippen molar-refractivity contribution in [1.29, 1.82) is 0 Å². The van der Waals surface area contributed by atoms with E-state index >= 15 is 0 Å². The number of carbonyl (C=O) groups is 1. The van der Waals surface area contributed by atoms with Crippen LogP contribution in [0.5, 0.6) is 5.75 Å². The lowest BCUT2D eigenvalue weighted by molar-refractivity contribution is 0.0873. The summed E-state index contributed by atoms with van der Waals surface area (Å²) in [4.78, 5) is 11.2. The zero-order valence-electron chi connectivity index (χ0n) is 11.1. The van der Waals surface area contributed by atoms with Crippen molar-refractivity contribution in [3.63, 3.8) is 0 Å². The maximum Gasteiger partial charge on any atom is 0.252 e. The minimum absolute atomic E-state index is 0.372. The third kappa shape index (κ3) is 4.10. The van der Waals surface area contributed by atoms with Crippen molar-refractivity contribution in [2.75, 3.05) is 13.2 Å². The Hall–Kier alpha value is -2.33. The Labute approximate surface area is 118 Å². The third-order valence-corrected chi connectivity index (χ3v) is 2.75. The van der Waals surface area contributed by atoms with Crippen molar-refractivity contribution in [2.45, 2.75) is 6.61 Å². The summed E-state index contributed by atoms with van der Waals surface area (Å²) >= 11 is 0. The Bertz CT molecular complexity index is 555. The first-order chi connectivity index (χ1) is 9.77. The first-order valence-electron chi connectivity index (χ1n) is 6.40. The molecule has 20 heavy (non-hydrogen) atoms. The summed E-state index contributed by atoms with van der Waals surface area (Å²) in [5, 5.41) is 0. The summed E-state index contributed by atoms with van der Waals surface area (Å²) in [5.74, 6) is -0.00545. The van der Waals surface area contributed by atoms with E-state index in [-0.39, 0.29) is 0 Å². The molecule has 2 aromatic carbocycles. The molecule has 0 aliphatic rings. The van der Waals surface area contributed by atoms with Crippen LogP contribution >= 0.6 is 0 Å². The lowest BCUT2D eigenvalue weighted by Crippen LogP contribution is -2.14. The van der Waals surface area contributed by atoms with E-state index in [1.165, 1.54) is 0 Å². The van der Waals surface area contributed by atoms with Gasteiger partial charge < -0.3 is 15.2 Å². The van der Waals surface area contributed by atoms with Crippen molar-refractivity contribution in [3.8, 4) is 5.75 Å². The maximum absolute atomic E-state index is 11.2. The number of nitrogens with two attached hydrogens (primary N) is 1. The molecule has 0 heterocycles. The van der Waals surface area contributed by atoms with Gasteiger partial charge in [0.2, 0.25) is 0 Å². The second-order valence-corrected chi connectivity index (χ2v) is 4.25. The molecule has 0 aliphatic heterocycles. The monoisotopic (exact) mass is 271 g/mol. The van der Waals surface area contributed by atoms with Crippen LogP contribution in [0.15, 0.2) is 54.6 Å². The van der Waals surface area contributed by atoms with Gasteiger partial charge in [-0.15, -0.1) is 0 Å². The van der Waals surface area contributed by atoms with E-state index in [2.05, 4.69) is 0 Å². The van der Waals surface area contributed by atoms with Gasteiger partial charge in [0.25, 0.3) is 5.91 Å². The number of rotatable bonds is 7. The normalized spacial score (nSPS) is 10.2. The van der Waals surface area contributed by atoms with Crippen LogP contribution in [0.4, 0.5) is 0 Å². The van der Waals surface area contributed by atoms with Crippen molar-refractivity contribution in [2.24, 2.45) is 5.73 Å². The lowest BCUT2D eigenvalue weighted by Gasteiger charge is -2.09. The summed E-state index contributed by atoms with van der Waals surface area (Å²) in [5.41, 5.74) is 6.77. The highest BCUT2D eigenvalue weighted by molar-refractivity contribution is 5.95. The molecular formula is C16H17NO3. The molecule has 2 N–H and O–H groups in total. The van der Waals surface area contributed by atoms with E-state index in [9.17, 15) is 4.79 Å². The second-order valence-electron chi connectivity index (χ2n) is 4.25. The van der Waals surface area contributed by atoms with E-state index in [0.29, 0.717) is 31.1 Å². The Morgan fingerprint density at radius 3 is 2.40 bits per heavy atom. The zero-order chi connectivity index (χ0) is 14.2. The number of para-hydroxylation sites is 1. The van der Waals surface area contributed by atoms with Crippen LogP contribution in [-0.2, 0) is 11.3 Å². The first-order valence-corrected chi connectivity index (χ1v) is 6.40. The van der Waals surface area contributed by atoms with Crippen LogP contribution < -0.4 is 10.5 Å². The highest BCUT2D eigenvalue weighted by Gasteiger charge is 2.07. The van der Waals surface area contributed by atoms with Gasteiger partial charge in [0.05, 0.1) is 18.8 Å². The van der Waals surface area contributed by atoms with Gasteiger partial charge in [0.15, 0.2) is 0 Å². The highest BCUT2D eigenvalue weighted by Crippen LogP contribution is 2.16. The topological polar surface area (TPSA) is 61.6 Å². The summed E-state index contributed by atoms with van der Waals surface area (Å²) < 4.78 is 11.0. The zero-order valence-corrected chi connectivity index (χ0v) is 11.1. The fourth-order valence-corrected chi connectivity index (χ4v) is 1.77. The predicted molar refractivity (Wildman–Crippen MR) is 76.6 cm³/mol. The van der Waals surface area contributed by atoms with Crippen LogP contribution in [-0.4, -0.2) is 19.1 Å². The third-order valence-electron chi connectivity index (χ3n) is 2.75. The molecule has 0 radical (unpaired) electrons. The van der Waals surface area contributed by atoms with Gasteiger partial charge in [-0.25, -0.2) is 0 Å². The molecular weight excluding hydrogens is 254 g/mol. The number of benzene rings is 2. The number of carbonyl (C=O) groups excluding carboxylic acids is 1. The number of primary amides is 1. The predicted octanol–water partition coefficient (Wildman–Crippen LogP) is 2.38. The number of hydrogen-bond acceptors (Lipinski definition) is 3. The standard InChI is InChI=1S/C16H17NO3/c17-16(18)14-8-4-5-9-15(14)20-11-10-19-12-13-6-2-1-3-7-13/h1-9H,10-12H2,(H2,17,18). The van der Waals surface area contributed by atoms with Gasteiger partial charge in [0, 0.05) is 0 Å². The summed E-state index contributed by atoms with van der Waals surface area (Å²) in [7, 11) is 0. The van der Waals surface area contributed by atoms with E-state index in [1.54, 1.807) is 24.3 Å². The molecule has 0 saturated heterocycles. The van der Waals surface area contributed by atoms with E-state index < -0.39 is 5.91 Å². The van der Waals surface area contributed by atoms with Gasteiger partial charge >= 0.3 is 0 Å². The van der Waals surface area contributed by atoms with Crippen LogP contribution in [0.1, 0.15) is 15.9 Å². The molecule has 2 aromatic rings. The smallest absolute Gasteiger partial charge is 0.252 e. The van der Waals surface area contributed by atoms with Crippen molar-refractivity contribution in [1.82, 2.24) is 0 Å². The molecule has 0 fully saturated rings. The summed E-state index contributed by atoms with van der Waals surface area (Å²) in [6, 6.07) is 16.8. The number of hydrogen-bond donors (Lipinski definition) is 1. The Morgan fingerprint density at radius 2 is 1.65 bits per heavy atom. The van der Waals surface area contributed by atoms with E-state index in [1.807, 2.05) is 30.3 Å². The molecule has 2 rings (SSSR count). The number of amides is 1. The average Bonchev–Trinajstić information content (AvgIpc) is 2.48. The van der Waals surface area contributed by atoms with E-state index in [0.717, 1.165) is 5.56 Å². The fraction of sp³-hybridized carbons (Fsp3) is 0.188.